The van der Waals surface area contributed by atoms with Crippen molar-refractivity contribution in [2.45, 2.75) is 19.4 Å². The van der Waals surface area contributed by atoms with Gasteiger partial charge in [0.05, 0.1) is 27.8 Å². The van der Waals surface area contributed by atoms with Gasteiger partial charge in [0, 0.05) is 7.05 Å². The Morgan fingerprint density at radius 1 is 1.14 bits per heavy atom. The lowest BCUT2D eigenvalue weighted by atomic mass is 10.1. The number of likely N-dealkylation sites (N-methyl/N-ethyl adjacent to an activating group) is 1. The van der Waals surface area contributed by atoms with Crippen molar-refractivity contribution < 1.29 is 28.9 Å². The van der Waals surface area contributed by atoms with E-state index >= 15 is 0 Å². The molecule has 1 amide bonds. The molecule has 1 N–H and O–H groups in total. The first kappa shape index (κ1) is 17.6. The standard InChI is InChI=1S/C15H21NO6/c1-9(15(18)19)16(2)13(17)8-10-6-11(20-3)14(22-5)12(7-10)21-4/h6-7,9H,8H2,1-5H3,(H,18,19). The Hall–Kier alpha value is -2.44. The van der Waals surface area contributed by atoms with Crippen LogP contribution in [-0.2, 0) is 16.0 Å². The van der Waals surface area contributed by atoms with Crippen molar-refractivity contribution in [3.05, 3.63) is 17.7 Å². The van der Waals surface area contributed by atoms with Gasteiger partial charge in [0.1, 0.15) is 6.04 Å². The van der Waals surface area contributed by atoms with Gasteiger partial charge in [-0.15, -0.1) is 0 Å². The highest BCUT2D eigenvalue weighted by Gasteiger charge is 2.22. The van der Waals surface area contributed by atoms with Crippen LogP contribution in [0.15, 0.2) is 12.1 Å². The summed E-state index contributed by atoms with van der Waals surface area (Å²) in [6.07, 6.45) is 0.0326. The Bertz CT molecular complexity index is 532. The van der Waals surface area contributed by atoms with Crippen LogP contribution in [0.1, 0.15) is 12.5 Å². The summed E-state index contributed by atoms with van der Waals surface area (Å²) < 4.78 is 15.7. The van der Waals surface area contributed by atoms with Gasteiger partial charge in [-0.25, -0.2) is 4.79 Å². The topological polar surface area (TPSA) is 85.3 Å². The van der Waals surface area contributed by atoms with Crippen LogP contribution in [0.3, 0.4) is 0 Å². The summed E-state index contributed by atoms with van der Waals surface area (Å²) in [4.78, 5) is 24.3. The van der Waals surface area contributed by atoms with E-state index in [-0.39, 0.29) is 12.3 Å². The molecule has 0 saturated carbocycles. The minimum atomic E-state index is -1.05. The lowest BCUT2D eigenvalue weighted by Crippen LogP contribution is -2.41. The molecule has 7 heteroatoms. The number of hydrogen-bond donors (Lipinski definition) is 1. The smallest absolute Gasteiger partial charge is 0.326 e. The van der Waals surface area contributed by atoms with Crippen LogP contribution >= 0.6 is 0 Å². The quantitative estimate of drug-likeness (QED) is 0.814. The van der Waals surface area contributed by atoms with Gasteiger partial charge in [-0.3, -0.25) is 4.79 Å². The molecule has 1 aromatic rings. The Morgan fingerprint density at radius 3 is 2.00 bits per heavy atom. The van der Waals surface area contributed by atoms with Crippen LogP contribution in [0, 0.1) is 0 Å². The number of rotatable bonds is 7. The fourth-order valence-electron chi connectivity index (χ4n) is 1.92. The van der Waals surface area contributed by atoms with E-state index < -0.39 is 12.0 Å². The Kier molecular flexibility index (Phi) is 6.03. The third-order valence-corrected chi connectivity index (χ3v) is 3.41. The summed E-state index contributed by atoms with van der Waals surface area (Å²) in [5.74, 6) is -0.0458. The van der Waals surface area contributed by atoms with Crippen molar-refractivity contribution in [1.82, 2.24) is 4.90 Å². The second-order valence-electron chi connectivity index (χ2n) is 4.73. The molecule has 0 heterocycles. The minimum Gasteiger partial charge on any atom is -0.493 e. The summed E-state index contributed by atoms with van der Waals surface area (Å²) >= 11 is 0. The molecule has 1 rings (SSSR count). The summed E-state index contributed by atoms with van der Waals surface area (Å²) in [5.41, 5.74) is 0.643. The maximum absolute atomic E-state index is 12.2. The lowest BCUT2D eigenvalue weighted by molar-refractivity contribution is -0.148. The van der Waals surface area contributed by atoms with Crippen molar-refractivity contribution in [2.75, 3.05) is 28.4 Å². The SMILES string of the molecule is COc1cc(CC(=O)N(C)C(C)C(=O)O)cc(OC)c1OC. The molecular formula is C15H21NO6. The first-order valence-corrected chi connectivity index (χ1v) is 6.63. The molecule has 7 nitrogen and oxygen atoms in total. The van der Waals surface area contributed by atoms with E-state index in [4.69, 9.17) is 19.3 Å². The number of methoxy groups -OCH3 is 3. The van der Waals surface area contributed by atoms with Crippen molar-refractivity contribution in [2.24, 2.45) is 0 Å². The van der Waals surface area contributed by atoms with Gasteiger partial charge in [-0.1, -0.05) is 0 Å². The van der Waals surface area contributed by atoms with Crippen molar-refractivity contribution in [3.8, 4) is 17.2 Å². The second-order valence-corrected chi connectivity index (χ2v) is 4.73. The normalized spacial score (nSPS) is 11.5. The minimum absolute atomic E-state index is 0.0326. The van der Waals surface area contributed by atoms with E-state index in [1.54, 1.807) is 12.1 Å². The summed E-state index contributed by atoms with van der Waals surface area (Å²) in [6, 6.07) is 2.44. The largest absolute Gasteiger partial charge is 0.493 e. The van der Waals surface area contributed by atoms with Crippen molar-refractivity contribution in [1.29, 1.82) is 0 Å². The van der Waals surface area contributed by atoms with E-state index in [9.17, 15) is 9.59 Å². The number of carboxylic acids is 1. The third-order valence-electron chi connectivity index (χ3n) is 3.41. The maximum atomic E-state index is 12.2. The van der Waals surface area contributed by atoms with E-state index in [0.717, 1.165) is 0 Å². The van der Waals surface area contributed by atoms with Crippen molar-refractivity contribution in [3.63, 3.8) is 0 Å². The van der Waals surface area contributed by atoms with Gasteiger partial charge < -0.3 is 24.2 Å². The number of hydrogen-bond acceptors (Lipinski definition) is 5. The number of ether oxygens (including phenoxy) is 3. The number of nitrogens with zero attached hydrogens (tertiary/aromatic N) is 1. The average molecular weight is 311 g/mol. The van der Waals surface area contributed by atoms with E-state index in [0.29, 0.717) is 22.8 Å². The molecule has 0 aliphatic heterocycles. The maximum Gasteiger partial charge on any atom is 0.326 e. The van der Waals surface area contributed by atoms with Gasteiger partial charge >= 0.3 is 5.97 Å². The van der Waals surface area contributed by atoms with Gasteiger partial charge in [-0.05, 0) is 24.6 Å². The van der Waals surface area contributed by atoms with Crippen LogP contribution in [0.5, 0.6) is 17.2 Å². The zero-order chi connectivity index (χ0) is 16.9. The number of carboxylic acid groups (broad SMARTS) is 1. The van der Waals surface area contributed by atoms with Crippen LogP contribution in [0.4, 0.5) is 0 Å². The van der Waals surface area contributed by atoms with Gasteiger partial charge in [0.15, 0.2) is 11.5 Å². The number of benzene rings is 1. The highest BCUT2D eigenvalue weighted by Crippen LogP contribution is 2.38. The van der Waals surface area contributed by atoms with E-state index in [1.165, 1.54) is 40.2 Å². The van der Waals surface area contributed by atoms with Crippen LogP contribution in [0.2, 0.25) is 0 Å². The molecule has 0 bridgehead atoms. The van der Waals surface area contributed by atoms with Crippen LogP contribution < -0.4 is 14.2 Å². The first-order chi connectivity index (χ1) is 10.3. The number of amides is 1. The zero-order valence-corrected chi connectivity index (χ0v) is 13.4. The first-order valence-electron chi connectivity index (χ1n) is 6.63. The Balaban J connectivity index is 3.03. The lowest BCUT2D eigenvalue weighted by Gasteiger charge is -2.22. The van der Waals surface area contributed by atoms with Crippen molar-refractivity contribution >= 4 is 11.9 Å². The van der Waals surface area contributed by atoms with Gasteiger partial charge in [-0.2, -0.15) is 0 Å². The molecule has 0 saturated heterocycles. The summed E-state index contributed by atoms with van der Waals surface area (Å²) in [5, 5.41) is 8.95. The molecule has 1 aromatic carbocycles. The molecule has 122 valence electrons. The van der Waals surface area contributed by atoms with Crippen LogP contribution in [-0.4, -0.2) is 56.3 Å². The molecule has 1 unspecified atom stereocenters. The Labute approximate surface area is 129 Å². The molecule has 0 aromatic heterocycles. The third kappa shape index (κ3) is 3.81. The van der Waals surface area contributed by atoms with Crippen LogP contribution in [0.25, 0.3) is 0 Å². The molecule has 0 aliphatic carbocycles. The molecule has 22 heavy (non-hydrogen) atoms. The number of aliphatic carboxylic acids is 1. The average Bonchev–Trinajstić information content (AvgIpc) is 2.51. The van der Waals surface area contributed by atoms with Gasteiger partial charge in [0.25, 0.3) is 0 Å². The molecule has 0 aliphatic rings. The second kappa shape index (κ2) is 7.53. The number of carbonyl (C=O) groups is 2. The van der Waals surface area contributed by atoms with Gasteiger partial charge in [0.2, 0.25) is 11.7 Å². The fourth-order valence-corrected chi connectivity index (χ4v) is 1.92. The predicted molar refractivity (Wildman–Crippen MR) is 79.7 cm³/mol. The summed E-state index contributed by atoms with van der Waals surface area (Å²) in [7, 11) is 5.93. The predicted octanol–water partition coefficient (Wildman–Crippen LogP) is 1.19. The molecule has 0 radical (unpaired) electrons. The fraction of sp³-hybridized carbons (Fsp3) is 0.467. The molecule has 0 fully saturated rings. The van der Waals surface area contributed by atoms with E-state index in [2.05, 4.69) is 0 Å². The molecule has 1 atom stereocenters. The summed E-state index contributed by atoms with van der Waals surface area (Å²) in [6.45, 7) is 1.45. The number of carbonyl (C=O) groups excluding carboxylic acids is 1. The highest BCUT2D eigenvalue weighted by atomic mass is 16.5. The highest BCUT2D eigenvalue weighted by molar-refractivity contribution is 5.84. The zero-order valence-electron chi connectivity index (χ0n) is 13.4. The Morgan fingerprint density at radius 2 is 1.64 bits per heavy atom. The molecule has 0 spiro atoms. The molecular weight excluding hydrogens is 290 g/mol. The van der Waals surface area contributed by atoms with E-state index in [1.807, 2.05) is 0 Å². The monoisotopic (exact) mass is 311 g/mol.